The van der Waals surface area contributed by atoms with E-state index in [0.717, 1.165) is 31.4 Å². The first kappa shape index (κ1) is 23.8. The highest BCUT2D eigenvalue weighted by Gasteiger charge is 2.28. The summed E-state index contributed by atoms with van der Waals surface area (Å²) in [7, 11) is 1.34. The van der Waals surface area contributed by atoms with Crippen molar-refractivity contribution in [3.63, 3.8) is 0 Å². The van der Waals surface area contributed by atoms with Crippen molar-refractivity contribution < 1.29 is 19.1 Å². The molecule has 1 saturated heterocycles. The minimum absolute atomic E-state index is 0.0122. The van der Waals surface area contributed by atoms with E-state index in [-0.39, 0.29) is 23.7 Å². The molecule has 180 valence electrons. The molecule has 0 aliphatic carbocycles. The third-order valence-electron chi connectivity index (χ3n) is 6.11. The van der Waals surface area contributed by atoms with Crippen LogP contribution in [0.5, 0.6) is 0 Å². The van der Waals surface area contributed by atoms with Crippen molar-refractivity contribution in [1.29, 1.82) is 0 Å². The molecule has 1 aromatic carbocycles. The van der Waals surface area contributed by atoms with Crippen LogP contribution in [0.2, 0.25) is 0 Å². The van der Waals surface area contributed by atoms with Crippen LogP contribution in [-0.2, 0) is 27.2 Å². The molecule has 0 spiro atoms. The molecule has 2 atom stereocenters. The van der Waals surface area contributed by atoms with E-state index >= 15 is 0 Å². The predicted octanol–water partition coefficient (Wildman–Crippen LogP) is 4.39. The number of methoxy groups -OCH3 is 1. The van der Waals surface area contributed by atoms with Gasteiger partial charge >= 0.3 is 5.97 Å². The lowest BCUT2D eigenvalue weighted by molar-refractivity contribution is -0.114. The van der Waals surface area contributed by atoms with Crippen LogP contribution in [0.1, 0.15) is 49.2 Å². The van der Waals surface area contributed by atoms with Gasteiger partial charge in [-0.1, -0.05) is 30.3 Å². The van der Waals surface area contributed by atoms with E-state index in [0.29, 0.717) is 29.9 Å². The van der Waals surface area contributed by atoms with E-state index in [4.69, 9.17) is 9.47 Å². The number of ether oxygens (including phenoxy) is 2. The maximum atomic E-state index is 12.8. The van der Waals surface area contributed by atoms with Gasteiger partial charge in [-0.05, 0) is 44.2 Å². The number of anilines is 2. The van der Waals surface area contributed by atoms with E-state index in [2.05, 4.69) is 46.8 Å². The third kappa shape index (κ3) is 5.39. The highest BCUT2D eigenvalue weighted by molar-refractivity contribution is 6.11. The van der Waals surface area contributed by atoms with Gasteiger partial charge in [-0.2, -0.15) is 0 Å². The smallest absolute Gasteiger partial charge is 0.356 e. The fourth-order valence-corrected chi connectivity index (χ4v) is 4.47. The number of pyridine rings is 1. The Morgan fingerprint density at radius 1 is 1.29 bits per heavy atom. The van der Waals surface area contributed by atoms with Gasteiger partial charge in [-0.25, -0.2) is 9.78 Å². The zero-order chi connectivity index (χ0) is 24.1. The van der Waals surface area contributed by atoms with Crippen LogP contribution in [0.3, 0.4) is 0 Å². The Balaban J connectivity index is 1.65. The minimum Gasteiger partial charge on any atom is -0.464 e. The molecule has 8 nitrogen and oxygen atoms in total. The molecule has 1 amide bonds. The summed E-state index contributed by atoms with van der Waals surface area (Å²) in [5, 5.41) is 7.03. The summed E-state index contributed by atoms with van der Waals surface area (Å²) in [5.41, 5.74) is 3.43. The lowest BCUT2D eigenvalue weighted by Crippen LogP contribution is -2.21. The number of carbonyl (C=O) groups is 2. The number of hydrogen-bond donors (Lipinski definition) is 2. The van der Waals surface area contributed by atoms with Gasteiger partial charge in [0.05, 0.1) is 37.3 Å². The summed E-state index contributed by atoms with van der Waals surface area (Å²) in [6.07, 6.45) is 5.57. The van der Waals surface area contributed by atoms with Gasteiger partial charge in [0.25, 0.3) is 0 Å². The first-order valence-corrected chi connectivity index (χ1v) is 11.8. The van der Waals surface area contributed by atoms with Gasteiger partial charge in [0.2, 0.25) is 5.91 Å². The van der Waals surface area contributed by atoms with Crippen molar-refractivity contribution in [1.82, 2.24) is 9.55 Å². The van der Waals surface area contributed by atoms with Crippen molar-refractivity contribution in [3.05, 3.63) is 53.9 Å². The average molecular weight is 465 g/mol. The number of fused-ring (bicyclic) bond motifs is 1. The van der Waals surface area contributed by atoms with Crippen molar-refractivity contribution in [2.24, 2.45) is 0 Å². The number of aryl methyl sites for hydroxylation is 1. The van der Waals surface area contributed by atoms with Gasteiger partial charge in [0.1, 0.15) is 5.65 Å². The molecule has 1 aliphatic heterocycles. The normalized spacial score (nSPS) is 16.4. The molecule has 0 bridgehead atoms. The third-order valence-corrected chi connectivity index (χ3v) is 6.11. The van der Waals surface area contributed by atoms with Gasteiger partial charge < -0.3 is 24.7 Å². The Labute approximate surface area is 199 Å². The molecule has 2 N–H and O–H groups in total. The number of benzene rings is 1. The summed E-state index contributed by atoms with van der Waals surface area (Å²) in [6, 6.07) is 12.5. The fourth-order valence-electron chi connectivity index (χ4n) is 4.47. The molecule has 4 rings (SSSR count). The number of amides is 1. The Morgan fingerprint density at radius 2 is 2.09 bits per heavy atom. The van der Waals surface area contributed by atoms with E-state index in [1.165, 1.54) is 19.6 Å². The Hall–Kier alpha value is -3.39. The van der Waals surface area contributed by atoms with Crippen LogP contribution < -0.4 is 10.6 Å². The Morgan fingerprint density at radius 3 is 2.76 bits per heavy atom. The lowest BCUT2D eigenvalue weighted by Gasteiger charge is -2.16. The molecule has 2 unspecified atom stereocenters. The number of aromatic nitrogens is 2. The molecular weight excluding hydrogens is 432 g/mol. The average Bonchev–Trinajstić information content (AvgIpc) is 3.44. The van der Waals surface area contributed by atoms with Crippen molar-refractivity contribution in [3.8, 4) is 0 Å². The number of esters is 1. The highest BCUT2D eigenvalue weighted by Crippen LogP contribution is 2.34. The fraction of sp³-hybridized carbons (Fsp3) is 0.423. The van der Waals surface area contributed by atoms with E-state index in [1.807, 2.05) is 16.7 Å². The number of nitrogens with zero attached hydrogens (tertiary/aromatic N) is 2. The molecular formula is C26H32N4O4. The van der Waals surface area contributed by atoms with Gasteiger partial charge in [0.15, 0.2) is 5.69 Å². The summed E-state index contributed by atoms with van der Waals surface area (Å²) in [6.45, 7) is 4.72. The molecule has 3 aromatic rings. The number of hydrogen-bond acceptors (Lipinski definition) is 6. The first-order valence-electron chi connectivity index (χ1n) is 11.8. The Bertz CT molecular complexity index is 1150. The van der Waals surface area contributed by atoms with Crippen molar-refractivity contribution >= 4 is 34.3 Å². The van der Waals surface area contributed by atoms with E-state index < -0.39 is 5.97 Å². The zero-order valence-corrected chi connectivity index (χ0v) is 20.0. The summed E-state index contributed by atoms with van der Waals surface area (Å²) >= 11 is 0. The molecule has 1 aliphatic rings. The largest absolute Gasteiger partial charge is 0.464 e. The monoisotopic (exact) mass is 464 g/mol. The zero-order valence-electron chi connectivity index (χ0n) is 20.0. The van der Waals surface area contributed by atoms with Crippen molar-refractivity contribution in [2.45, 2.75) is 58.2 Å². The predicted molar refractivity (Wildman–Crippen MR) is 132 cm³/mol. The molecule has 0 saturated carbocycles. The summed E-state index contributed by atoms with van der Waals surface area (Å²) < 4.78 is 12.7. The summed E-state index contributed by atoms with van der Waals surface area (Å²) in [5.74, 6) is -0.790. The highest BCUT2D eigenvalue weighted by atomic mass is 16.5. The molecule has 34 heavy (non-hydrogen) atoms. The first-order chi connectivity index (χ1) is 16.5. The van der Waals surface area contributed by atoms with Crippen LogP contribution in [0.25, 0.3) is 11.0 Å². The standard InChI is InChI=1S/C26H32N4O4/c1-17(11-12-19-8-5-4-6-9-19)28-20-14-22-23(29-18(2)31)24(26(32)33-3)30(25(22)27-15-20)16-21-10-7-13-34-21/h4-6,8-9,14-15,17,21,28H,7,10-13,16H2,1-3H3,(H,29,31). The number of rotatable bonds is 9. The summed E-state index contributed by atoms with van der Waals surface area (Å²) in [4.78, 5) is 29.5. The van der Waals surface area contributed by atoms with Crippen molar-refractivity contribution in [2.75, 3.05) is 24.4 Å². The second-order valence-corrected chi connectivity index (χ2v) is 8.81. The number of nitrogens with one attached hydrogen (secondary N) is 2. The second-order valence-electron chi connectivity index (χ2n) is 8.81. The van der Waals surface area contributed by atoms with E-state index in [9.17, 15) is 9.59 Å². The van der Waals surface area contributed by atoms with E-state index in [1.54, 1.807) is 6.20 Å². The van der Waals surface area contributed by atoms with Gasteiger partial charge in [-0.3, -0.25) is 4.79 Å². The second kappa shape index (κ2) is 10.7. The maximum Gasteiger partial charge on any atom is 0.356 e. The topological polar surface area (TPSA) is 94.5 Å². The minimum atomic E-state index is -0.523. The van der Waals surface area contributed by atoms with Crippen LogP contribution in [0.15, 0.2) is 42.6 Å². The van der Waals surface area contributed by atoms with Crippen LogP contribution in [-0.4, -0.2) is 47.3 Å². The molecule has 8 heteroatoms. The van der Waals surface area contributed by atoms with Gasteiger partial charge in [-0.15, -0.1) is 0 Å². The van der Waals surface area contributed by atoms with Gasteiger partial charge in [0, 0.05) is 25.0 Å². The molecule has 2 aromatic heterocycles. The molecule has 1 fully saturated rings. The Kier molecular flexibility index (Phi) is 7.47. The molecule has 3 heterocycles. The lowest BCUT2D eigenvalue weighted by atomic mass is 10.1. The van der Waals surface area contributed by atoms with Crippen LogP contribution >= 0.6 is 0 Å². The quantitative estimate of drug-likeness (QED) is 0.456. The van der Waals surface area contributed by atoms with Crippen LogP contribution in [0, 0.1) is 0 Å². The number of carbonyl (C=O) groups excluding carboxylic acids is 2. The molecule has 0 radical (unpaired) electrons. The maximum absolute atomic E-state index is 12.8. The SMILES string of the molecule is COC(=O)c1c(NC(C)=O)c2cc(NC(C)CCc3ccccc3)cnc2n1CC1CCCO1. The van der Waals surface area contributed by atoms with Crippen LogP contribution in [0.4, 0.5) is 11.4 Å².